The molecule has 0 aliphatic rings. The number of rotatable bonds is 4. The van der Waals surface area contributed by atoms with E-state index in [2.05, 4.69) is 9.47 Å². The van der Waals surface area contributed by atoms with E-state index in [9.17, 15) is 19.2 Å². The molecule has 0 N–H and O–H groups in total. The van der Waals surface area contributed by atoms with Crippen molar-refractivity contribution in [2.24, 2.45) is 0 Å². The molecule has 0 saturated heterocycles. The Balaban J connectivity index is 3.82. The second kappa shape index (κ2) is 5.85. The molecule has 0 aliphatic carbocycles. The highest BCUT2D eigenvalue weighted by Gasteiger charge is 2.15. The average Bonchev–Trinajstić information content (AvgIpc) is 2.13. The van der Waals surface area contributed by atoms with Crippen LogP contribution < -0.4 is 0 Å². The molecule has 0 heterocycles. The Morgan fingerprint density at radius 3 is 1.93 bits per heavy atom. The zero-order chi connectivity index (χ0) is 11.1. The Morgan fingerprint density at radius 1 is 1.00 bits per heavy atom. The number of ketones is 1. The smallest absolute Gasteiger partial charge is 0.381 e. The topological polar surface area (TPSA) is 86.7 Å². The molecule has 6 heteroatoms. The lowest BCUT2D eigenvalue weighted by atomic mass is 10.3. The molecule has 14 heavy (non-hydrogen) atoms. The van der Waals surface area contributed by atoms with Gasteiger partial charge < -0.3 is 9.47 Å². The van der Waals surface area contributed by atoms with Crippen LogP contribution in [0.5, 0.6) is 0 Å². The highest BCUT2D eigenvalue weighted by molar-refractivity contribution is 6.34. The van der Waals surface area contributed by atoms with Crippen LogP contribution >= 0.6 is 0 Å². The van der Waals surface area contributed by atoms with Gasteiger partial charge in [0.1, 0.15) is 0 Å². The molecule has 0 aliphatic heterocycles. The molecule has 0 amide bonds. The number of Topliss-reactive ketones (excluding diaryl/α,β-unsaturated/α-hetero) is 1. The maximum absolute atomic E-state index is 10.8. The Kier molecular flexibility index (Phi) is 5.13. The van der Waals surface area contributed by atoms with Crippen LogP contribution in [0.25, 0.3) is 0 Å². The van der Waals surface area contributed by atoms with E-state index >= 15 is 0 Å². The first-order chi connectivity index (χ1) is 6.47. The lowest BCUT2D eigenvalue weighted by Gasteiger charge is -1.99. The Labute approximate surface area is 80.2 Å². The molecule has 0 fully saturated rings. The predicted molar refractivity (Wildman–Crippen MR) is 43.0 cm³/mol. The zero-order valence-electron chi connectivity index (χ0n) is 7.86. The number of hydrogen-bond donors (Lipinski definition) is 0. The van der Waals surface area contributed by atoms with Gasteiger partial charge in [0.15, 0.2) is 0 Å². The quantitative estimate of drug-likeness (QED) is 0.350. The second-order valence-corrected chi connectivity index (χ2v) is 2.39. The molecule has 0 aromatic carbocycles. The fourth-order valence-corrected chi connectivity index (χ4v) is 0.532. The molecule has 0 atom stereocenters. The summed E-state index contributed by atoms with van der Waals surface area (Å²) in [5, 5.41) is 0. The molecule has 0 radical (unpaired) electrons. The Bertz CT molecular complexity index is 267. The van der Waals surface area contributed by atoms with Gasteiger partial charge in [-0.3, -0.25) is 14.4 Å². The highest BCUT2D eigenvalue weighted by atomic mass is 16.6. The minimum Gasteiger partial charge on any atom is -0.469 e. The van der Waals surface area contributed by atoms with E-state index in [1.165, 1.54) is 7.11 Å². The summed E-state index contributed by atoms with van der Waals surface area (Å²) in [5.74, 6) is -3.59. The van der Waals surface area contributed by atoms with Crippen LogP contribution in [0.4, 0.5) is 0 Å². The molecule has 0 unspecified atom stereocenters. The van der Waals surface area contributed by atoms with Crippen molar-refractivity contribution in [3.63, 3.8) is 0 Å². The summed E-state index contributed by atoms with van der Waals surface area (Å²) in [6.07, 6.45) is -0.466. The number of hydrogen-bond acceptors (Lipinski definition) is 6. The van der Waals surface area contributed by atoms with Gasteiger partial charge in [0.05, 0.1) is 20.0 Å². The van der Waals surface area contributed by atoms with Crippen LogP contribution in [0.3, 0.4) is 0 Å². The fraction of sp³-hybridized carbons (Fsp3) is 0.500. The van der Waals surface area contributed by atoms with E-state index in [0.29, 0.717) is 0 Å². The van der Waals surface area contributed by atoms with Crippen LogP contribution in [0.2, 0.25) is 0 Å². The van der Waals surface area contributed by atoms with Gasteiger partial charge in [0.25, 0.3) is 0 Å². The van der Waals surface area contributed by atoms with E-state index in [-0.39, 0.29) is 12.8 Å². The number of methoxy groups -OCH3 is 1. The summed E-state index contributed by atoms with van der Waals surface area (Å²) in [6, 6.07) is 0. The van der Waals surface area contributed by atoms with Crippen molar-refractivity contribution in [2.45, 2.75) is 19.8 Å². The maximum atomic E-state index is 10.8. The SMILES string of the molecule is COC(=O)CCC(=O)OC(=O)C(C)=O. The number of ether oxygens (including phenoxy) is 2. The summed E-state index contributed by atoms with van der Waals surface area (Å²) in [7, 11) is 1.17. The molecule has 0 saturated carbocycles. The Morgan fingerprint density at radius 2 is 1.50 bits per heavy atom. The van der Waals surface area contributed by atoms with Gasteiger partial charge in [-0.05, 0) is 0 Å². The molecule has 0 aromatic rings. The molecule has 0 spiro atoms. The van der Waals surface area contributed by atoms with Crippen molar-refractivity contribution in [1.82, 2.24) is 0 Å². The largest absolute Gasteiger partial charge is 0.469 e. The summed E-state index contributed by atoms with van der Waals surface area (Å²) >= 11 is 0. The monoisotopic (exact) mass is 202 g/mol. The van der Waals surface area contributed by atoms with E-state index in [0.717, 1.165) is 6.92 Å². The first kappa shape index (κ1) is 12.3. The molecular formula is C8H10O6. The van der Waals surface area contributed by atoms with Gasteiger partial charge in [0, 0.05) is 6.92 Å². The number of esters is 3. The van der Waals surface area contributed by atoms with E-state index in [1.54, 1.807) is 0 Å². The van der Waals surface area contributed by atoms with Crippen LogP contribution in [0.15, 0.2) is 0 Å². The summed E-state index contributed by atoms with van der Waals surface area (Å²) in [4.78, 5) is 42.2. The molecule has 0 rings (SSSR count). The van der Waals surface area contributed by atoms with E-state index in [1.807, 2.05) is 0 Å². The molecular weight excluding hydrogens is 192 g/mol. The van der Waals surface area contributed by atoms with Gasteiger partial charge in [0.2, 0.25) is 5.78 Å². The van der Waals surface area contributed by atoms with Gasteiger partial charge in [-0.1, -0.05) is 0 Å². The summed E-state index contributed by atoms with van der Waals surface area (Å²) < 4.78 is 8.33. The van der Waals surface area contributed by atoms with Gasteiger partial charge in [-0.15, -0.1) is 0 Å². The van der Waals surface area contributed by atoms with Crippen LogP contribution in [0.1, 0.15) is 19.8 Å². The van der Waals surface area contributed by atoms with Crippen molar-refractivity contribution in [2.75, 3.05) is 7.11 Å². The normalized spacial score (nSPS) is 9.00. The van der Waals surface area contributed by atoms with Gasteiger partial charge >= 0.3 is 17.9 Å². The summed E-state index contributed by atoms with van der Waals surface area (Å²) in [6.45, 7) is 0.982. The molecule has 6 nitrogen and oxygen atoms in total. The van der Waals surface area contributed by atoms with Crippen molar-refractivity contribution >= 4 is 23.7 Å². The second-order valence-electron chi connectivity index (χ2n) is 2.39. The number of carbonyl (C=O) groups is 4. The van der Waals surface area contributed by atoms with E-state index < -0.39 is 23.7 Å². The third-order valence-electron chi connectivity index (χ3n) is 1.25. The van der Waals surface area contributed by atoms with Crippen LogP contribution in [-0.2, 0) is 28.7 Å². The van der Waals surface area contributed by atoms with Crippen molar-refractivity contribution in [3.05, 3.63) is 0 Å². The molecule has 78 valence electrons. The van der Waals surface area contributed by atoms with Crippen molar-refractivity contribution in [3.8, 4) is 0 Å². The first-order valence-corrected chi connectivity index (χ1v) is 3.79. The molecule has 0 bridgehead atoms. The molecule has 0 aromatic heterocycles. The fourth-order valence-electron chi connectivity index (χ4n) is 0.532. The standard InChI is InChI=1S/C8H10O6/c1-5(9)8(12)14-7(11)4-3-6(10)13-2/h3-4H2,1-2H3. The van der Waals surface area contributed by atoms with Crippen LogP contribution in [-0.4, -0.2) is 30.8 Å². The van der Waals surface area contributed by atoms with Crippen molar-refractivity contribution < 1.29 is 28.7 Å². The van der Waals surface area contributed by atoms with Gasteiger partial charge in [-0.2, -0.15) is 0 Å². The average molecular weight is 202 g/mol. The maximum Gasteiger partial charge on any atom is 0.381 e. The van der Waals surface area contributed by atoms with Crippen LogP contribution in [0, 0.1) is 0 Å². The number of carbonyl (C=O) groups excluding carboxylic acids is 4. The highest BCUT2D eigenvalue weighted by Crippen LogP contribution is 1.95. The lowest BCUT2D eigenvalue weighted by molar-refractivity contribution is -0.164. The van der Waals surface area contributed by atoms with Gasteiger partial charge in [-0.25, -0.2) is 4.79 Å². The minimum absolute atomic E-state index is 0.180. The van der Waals surface area contributed by atoms with Crippen molar-refractivity contribution in [1.29, 1.82) is 0 Å². The third kappa shape index (κ3) is 5.02. The Hall–Kier alpha value is -1.72. The minimum atomic E-state index is -1.22. The third-order valence-corrected chi connectivity index (χ3v) is 1.25. The lowest BCUT2D eigenvalue weighted by Crippen LogP contribution is -2.19. The predicted octanol–water partition coefficient (Wildman–Crippen LogP) is -0.402. The zero-order valence-corrected chi connectivity index (χ0v) is 7.86. The van der Waals surface area contributed by atoms with E-state index in [4.69, 9.17) is 0 Å². The summed E-state index contributed by atoms with van der Waals surface area (Å²) in [5.41, 5.74) is 0. The first-order valence-electron chi connectivity index (χ1n) is 3.79.